The highest BCUT2D eigenvalue weighted by Gasteiger charge is 2.65. The first-order chi connectivity index (χ1) is 10.5. The molecule has 4 aliphatic rings. The minimum Gasteiger partial charge on any atom is -0.461 e. The molecule has 1 saturated carbocycles. The number of esters is 1. The molecule has 4 rings (SSSR count). The zero-order chi connectivity index (χ0) is 15.6. The molecule has 0 unspecified atom stereocenters. The third-order valence-electron chi connectivity index (χ3n) is 6.33. The van der Waals surface area contributed by atoms with Gasteiger partial charge in [0.15, 0.2) is 5.72 Å². The summed E-state index contributed by atoms with van der Waals surface area (Å²) in [5, 5.41) is 11.6. The second-order valence-electron chi connectivity index (χ2n) is 7.21. The Morgan fingerprint density at radius 2 is 2.18 bits per heavy atom. The van der Waals surface area contributed by atoms with Gasteiger partial charge in [0, 0.05) is 30.4 Å². The van der Waals surface area contributed by atoms with Gasteiger partial charge in [-0.1, -0.05) is 20.3 Å². The van der Waals surface area contributed by atoms with Crippen LogP contribution in [-0.4, -0.2) is 40.3 Å². The predicted octanol–water partition coefficient (Wildman–Crippen LogP) is 1.46. The van der Waals surface area contributed by atoms with Crippen LogP contribution in [0.25, 0.3) is 0 Å². The number of carbonyl (C=O) groups is 2. The molecule has 5 nitrogen and oxygen atoms in total. The van der Waals surface area contributed by atoms with E-state index < -0.39 is 5.72 Å². The van der Waals surface area contributed by atoms with Gasteiger partial charge >= 0.3 is 5.97 Å². The molecule has 0 radical (unpaired) electrons. The van der Waals surface area contributed by atoms with Gasteiger partial charge in [-0.25, -0.2) is 0 Å². The van der Waals surface area contributed by atoms with Crippen LogP contribution >= 0.6 is 0 Å². The van der Waals surface area contributed by atoms with Crippen molar-refractivity contribution in [1.82, 2.24) is 4.90 Å². The molecule has 3 fully saturated rings. The summed E-state index contributed by atoms with van der Waals surface area (Å²) in [5.41, 5.74) is -0.463. The summed E-state index contributed by atoms with van der Waals surface area (Å²) in [4.78, 5) is 26.2. The standard InChI is InChI=1S/C17H23NO4/c1-3-10-11-6-4-5-7-18-13(19)8-12(17(11,18)21)14-9(2)16(20)22-15(10)14/h8-11,14-15,21H,3-7H2,1-2H3/t9-,10+,11+,14+,15-,17+/m0/s1. The molecule has 0 bridgehead atoms. The number of hydrogen-bond donors (Lipinski definition) is 1. The summed E-state index contributed by atoms with van der Waals surface area (Å²) in [6.07, 6.45) is 5.05. The molecule has 0 aromatic heterocycles. The Labute approximate surface area is 130 Å². The fourth-order valence-corrected chi connectivity index (χ4v) is 5.32. The molecular weight excluding hydrogens is 282 g/mol. The Morgan fingerprint density at radius 3 is 2.91 bits per heavy atom. The van der Waals surface area contributed by atoms with Crippen LogP contribution in [0.5, 0.6) is 0 Å². The van der Waals surface area contributed by atoms with Crippen molar-refractivity contribution in [2.75, 3.05) is 6.54 Å². The lowest BCUT2D eigenvalue weighted by atomic mass is 9.61. The average molecular weight is 305 g/mol. The molecule has 0 aromatic carbocycles. The van der Waals surface area contributed by atoms with Gasteiger partial charge in [-0.15, -0.1) is 0 Å². The van der Waals surface area contributed by atoms with Gasteiger partial charge in [0.1, 0.15) is 6.10 Å². The summed E-state index contributed by atoms with van der Waals surface area (Å²) in [6, 6.07) is 0. The number of ether oxygens (including phenoxy) is 1. The molecule has 1 N–H and O–H groups in total. The molecule has 0 spiro atoms. The van der Waals surface area contributed by atoms with Gasteiger partial charge in [-0.05, 0) is 24.8 Å². The van der Waals surface area contributed by atoms with Gasteiger partial charge in [-0.2, -0.15) is 0 Å². The summed E-state index contributed by atoms with van der Waals surface area (Å²) >= 11 is 0. The van der Waals surface area contributed by atoms with Crippen molar-refractivity contribution in [2.45, 2.75) is 51.4 Å². The van der Waals surface area contributed by atoms with Crippen LogP contribution in [0, 0.1) is 23.7 Å². The number of hydrogen-bond acceptors (Lipinski definition) is 4. The van der Waals surface area contributed by atoms with Crippen LogP contribution in [0.2, 0.25) is 0 Å². The first-order valence-corrected chi connectivity index (χ1v) is 8.46. The molecule has 6 atom stereocenters. The Hall–Kier alpha value is -1.36. The number of fused-ring (bicyclic) bond motifs is 2. The van der Waals surface area contributed by atoms with Crippen molar-refractivity contribution in [3.63, 3.8) is 0 Å². The van der Waals surface area contributed by atoms with Gasteiger partial charge in [0.2, 0.25) is 5.91 Å². The van der Waals surface area contributed by atoms with E-state index in [1.165, 1.54) is 0 Å². The summed E-state index contributed by atoms with van der Waals surface area (Å²) in [6.45, 7) is 4.54. The smallest absolute Gasteiger partial charge is 0.309 e. The van der Waals surface area contributed by atoms with E-state index in [4.69, 9.17) is 4.74 Å². The van der Waals surface area contributed by atoms with Crippen LogP contribution < -0.4 is 0 Å². The normalized spacial score (nSPS) is 46.8. The van der Waals surface area contributed by atoms with E-state index in [2.05, 4.69) is 6.92 Å². The van der Waals surface area contributed by atoms with Gasteiger partial charge in [-0.3, -0.25) is 9.59 Å². The Balaban J connectivity index is 1.88. The third-order valence-corrected chi connectivity index (χ3v) is 6.33. The molecule has 3 heterocycles. The maximum Gasteiger partial charge on any atom is 0.309 e. The minimum absolute atomic E-state index is 0.0305. The van der Waals surface area contributed by atoms with Gasteiger partial charge in [0.05, 0.1) is 5.92 Å². The van der Waals surface area contributed by atoms with E-state index in [-0.39, 0.29) is 41.7 Å². The van der Waals surface area contributed by atoms with Crippen molar-refractivity contribution in [3.05, 3.63) is 11.6 Å². The SMILES string of the molecule is CC[C@H]1[C@@H]2OC(=O)[C@@H](C)[C@@H]2C2=CC(=O)N3CCCC[C@H]1[C@@]23O. The number of rotatable bonds is 1. The second kappa shape index (κ2) is 4.57. The largest absolute Gasteiger partial charge is 0.461 e. The Morgan fingerprint density at radius 1 is 1.41 bits per heavy atom. The summed E-state index contributed by atoms with van der Waals surface area (Å²) < 4.78 is 5.68. The molecule has 120 valence electrons. The first-order valence-electron chi connectivity index (χ1n) is 8.46. The topological polar surface area (TPSA) is 66.8 Å². The van der Waals surface area contributed by atoms with E-state index in [1.807, 2.05) is 6.92 Å². The van der Waals surface area contributed by atoms with Crippen LogP contribution in [-0.2, 0) is 14.3 Å². The number of nitrogens with zero attached hydrogens (tertiary/aromatic N) is 1. The minimum atomic E-state index is -1.20. The van der Waals surface area contributed by atoms with Crippen molar-refractivity contribution >= 4 is 11.9 Å². The Bertz CT molecular complexity index is 571. The van der Waals surface area contributed by atoms with Gasteiger partial charge < -0.3 is 14.7 Å². The lowest BCUT2D eigenvalue weighted by Gasteiger charge is -2.51. The van der Waals surface area contributed by atoms with Crippen molar-refractivity contribution in [3.8, 4) is 0 Å². The third kappa shape index (κ3) is 1.53. The highest BCUT2D eigenvalue weighted by Crippen LogP contribution is 2.57. The van der Waals surface area contributed by atoms with E-state index in [0.717, 1.165) is 31.3 Å². The molecule has 22 heavy (non-hydrogen) atoms. The molecule has 0 aromatic rings. The van der Waals surface area contributed by atoms with Gasteiger partial charge in [0.25, 0.3) is 0 Å². The molecule has 3 aliphatic heterocycles. The molecule has 1 aliphatic carbocycles. The highest BCUT2D eigenvalue weighted by atomic mass is 16.6. The fourth-order valence-electron chi connectivity index (χ4n) is 5.32. The Kier molecular flexibility index (Phi) is 2.96. The number of aliphatic hydroxyl groups is 1. The lowest BCUT2D eigenvalue weighted by molar-refractivity contribution is -0.177. The van der Waals surface area contributed by atoms with E-state index in [1.54, 1.807) is 11.0 Å². The van der Waals surface area contributed by atoms with Crippen molar-refractivity contribution < 1.29 is 19.4 Å². The predicted molar refractivity (Wildman–Crippen MR) is 78.4 cm³/mol. The van der Waals surface area contributed by atoms with Crippen molar-refractivity contribution in [2.24, 2.45) is 23.7 Å². The molecule has 2 saturated heterocycles. The average Bonchev–Trinajstić information content (AvgIpc) is 2.82. The molecule has 5 heteroatoms. The fraction of sp³-hybridized carbons (Fsp3) is 0.765. The monoisotopic (exact) mass is 305 g/mol. The van der Waals surface area contributed by atoms with E-state index >= 15 is 0 Å². The highest BCUT2D eigenvalue weighted by molar-refractivity contribution is 5.93. The zero-order valence-electron chi connectivity index (χ0n) is 13.1. The van der Waals surface area contributed by atoms with E-state index in [9.17, 15) is 14.7 Å². The summed E-state index contributed by atoms with van der Waals surface area (Å²) in [5.74, 6) is -0.659. The maximum atomic E-state index is 12.4. The summed E-state index contributed by atoms with van der Waals surface area (Å²) in [7, 11) is 0. The molecule has 1 amide bonds. The molecular formula is C17H23NO4. The quantitative estimate of drug-likeness (QED) is 0.745. The number of carbonyl (C=O) groups excluding carboxylic acids is 2. The van der Waals surface area contributed by atoms with Crippen LogP contribution in [0.3, 0.4) is 0 Å². The van der Waals surface area contributed by atoms with Crippen LogP contribution in [0.4, 0.5) is 0 Å². The van der Waals surface area contributed by atoms with E-state index in [0.29, 0.717) is 6.54 Å². The van der Waals surface area contributed by atoms with Crippen LogP contribution in [0.15, 0.2) is 11.6 Å². The van der Waals surface area contributed by atoms with Crippen molar-refractivity contribution in [1.29, 1.82) is 0 Å². The number of amides is 1. The lowest BCUT2D eigenvalue weighted by Crippen LogP contribution is -2.61. The zero-order valence-corrected chi connectivity index (χ0v) is 13.1. The van der Waals surface area contributed by atoms with Crippen LogP contribution in [0.1, 0.15) is 39.5 Å². The maximum absolute atomic E-state index is 12.4. The second-order valence-corrected chi connectivity index (χ2v) is 7.21. The first kappa shape index (κ1) is 14.2.